The van der Waals surface area contributed by atoms with Crippen molar-refractivity contribution in [3.8, 4) is 0 Å². The number of hydrogen-bond donors (Lipinski definition) is 4. The number of aliphatic carboxylic acids is 2. The average molecular weight is 384 g/mol. The molecule has 0 aromatic heterocycles. The van der Waals surface area contributed by atoms with E-state index in [0.717, 1.165) is 38.5 Å². The Labute approximate surface area is 154 Å². The van der Waals surface area contributed by atoms with Gasteiger partial charge in [0.25, 0.3) is 0 Å². The normalized spacial score (nSPS) is 12.8. The van der Waals surface area contributed by atoms with Crippen LogP contribution in [0.1, 0.15) is 77.0 Å². The number of carboxylic acids is 2. The Kier molecular flexibility index (Phi) is 20.8. The first kappa shape index (κ1) is 26.9. The quantitative estimate of drug-likeness (QED) is 0.303. The van der Waals surface area contributed by atoms with Crippen molar-refractivity contribution in [2.75, 3.05) is 13.3 Å². The average Bonchev–Trinajstić information content (AvgIpc) is 2.53. The Morgan fingerprint density at radius 3 is 1.19 bits per heavy atom. The summed E-state index contributed by atoms with van der Waals surface area (Å²) in [4.78, 5) is 20.3. The Morgan fingerprint density at radius 1 is 0.615 bits per heavy atom. The summed E-state index contributed by atoms with van der Waals surface area (Å²) in [7, 11) is 0. The topological polar surface area (TPSA) is 115 Å². The van der Waals surface area contributed by atoms with Gasteiger partial charge in [-0.25, -0.2) is 0 Å². The zero-order valence-corrected chi connectivity index (χ0v) is 15.4. The molecule has 0 rings (SSSR count). The Morgan fingerprint density at radius 2 is 0.923 bits per heavy atom. The van der Waals surface area contributed by atoms with Gasteiger partial charge in [0.2, 0.25) is 0 Å². The number of carbonyl (C=O) groups is 2. The molecule has 0 spiro atoms. The second-order valence-corrected chi connectivity index (χ2v) is 6.29. The fourth-order valence-electron chi connectivity index (χ4n) is 2.26. The van der Waals surface area contributed by atoms with Crippen LogP contribution in [-0.2, 0) is 9.59 Å². The van der Waals surface area contributed by atoms with E-state index in [4.69, 9.17) is 20.4 Å². The third kappa shape index (κ3) is 25.0. The molecule has 0 heterocycles. The van der Waals surface area contributed by atoms with Crippen LogP contribution in [0.15, 0.2) is 0 Å². The Bertz CT molecular complexity index is 310. The number of unbranched alkanes of at least 4 members (excludes halogenated alkanes) is 6. The minimum atomic E-state index is -0.976. The van der Waals surface area contributed by atoms with Crippen molar-refractivity contribution < 1.29 is 38.8 Å². The maximum absolute atomic E-state index is 11.6. The molecule has 0 fully saturated rings. The minimum Gasteiger partial charge on any atom is -0.481 e. The standard InChI is InChI=1S/2C9H17FO3/c2*10-6-4-2-1-3-5-8(11)7-9(12)13/h2*8,11H,1-7H2,(H,12,13). The minimum absolute atomic E-state index is 0.191. The van der Waals surface area contributed by atoms with E-state index in [1.54, 1.807) is 0 Å². The third-order valence-electron chi connectivity index (χ3n) is 3.66. The lowest BCUT2D eigenvalue weighted by molar-refractivity contribution is -0.140. The van der Waals surface area contributed by atoms with Crippen LogP contribution < -0.4 is 0 Å². The first-order valence-corrected chi connectivity index (χ1v) is 9.25. The number of hydrogen-bond acceptors (Lipinski definition) is 4. The maximum atomic E-state index is 11.6. The van der Waals surface area contributed by atoms with Gasteiger partial charge in [-0.3, -0.25) is 18.4 Å². The SMILES string of the molecule is O=C(O)CC(O)CCCCCCF.O=C(O)CC(O)CCCCCCF. The smallest absolute Gasteiger partial charge is 0.305 e. The van der Waals surface area contributed by atoms with Crippen molar-refractivity contribution in [2.24, 2.45) is 0 Å². The summed E-state index contributed by atoms with van der Waals surface area (Å²) >= 11 is 0. The number of rotatable bonds is 16. The second kappa shape index (κ2) is 20.0. The van der Waals surface area contributed by atoms with Crippen LogP contribution >= 0.6 is 0 Å². The fraction of sp³-hybridized carbons (Fsp3) is 0.889. The molecule has 6 nitrogen and oxygen atoms in total. The molecule has 0 amide bonds. The molecule has 2 unspecified atom stereocenters. The number of halogens is 2. The lowest BCUT2D eigenvalue weighted by Crippen LogP contribution is -2.12. The molecule has 0 aliphatic heterocycles. The van der Waals surface area contributed by atoms with Crippen LogP contribution in [0.4, 0.5) is 8.78 Å². The molecule has 156 valence electrons. The van der Waals surface area contributed by atoms with E-state index in [0.29, 0.717) is 25.7 Å². The zero-order chi connectivity index (χ0) is 20.2. The summed E-state index contributed by atoms with van der Waals surface area (Å²) in [5.41, 5.74) is 0. The first-order valence-electron chi connectivity index (χ1n) is 9.25. The van der Waals surface area contributed by atoms with Gasteiger partial charge in [0.15, 0.2) is 0 Å². The molecule has 0 aliphatic carbocycles. The molecule has 0 radical (unpaired) electrons. The van der Waals surface area contributed by atoms with Crippen molar-refractivity contribution in [3.05, 3.63) is 0 Å². The van der Waals surface area contributed by atoms with Crippen molar-refractivity contribution in [1.82, 2.24) is 0 Å². The molecule has 8 heteroatoms. The molecule has 0 saturated carbocycles. The highest BCUT2D eigenvalue weighted by Crippen LogP contribution is 2.09. The van der Waals surface area contributed by atoms with Crippen LogP contribution in [-0.4, -0.2) is 57.9 Å². The molecule has 0 aromatic rings. The molecule has 0 bridgehead atoms. The van der Waals surface area contributed by atoms with Crippen LogP contribution in [0.2, 0.25) is 0 Å². The van der Waals surface area contributed by atoms with Gasteiger partial charge in [0.05, 0.1) is 38.4 Å². The van der Waals surface area contributed by atoms with Crippen molar-refractivity contribution >= 4 is 11.9 Å². The lowest BCUT2D eigenvalue weighted by atomic mass is 10.1. The molecular formula is C18H34F2O6. The van der Waals surface area contributed by atoms with E-state index in [1.807, 2.05) is 0 Å². The second-order valence-electron chi connectivity index (χ2n) is 6.29. The summed E-state index contributed by atoms with van der Waals surface area (Å²) in [5, 5.41) is 34.9. The lowest BCUT2D eigenvalue weighted by Gasteiger charge is -2.06. The van der Waals surface area contributed by atoms with E-state index in [9.17, 15) is 18.4 Å². The highest BCUT2D eigenvalue weighted by atomic mass is 19.1. The van der Waals surface area contributed by atoms with Gasteiger partial charge >= 0.3 is 11.9 Å². The Balaban J connectivity index is 0. The van der Waals surface area contributed by atoms with E-state index < -0.39 is 24.1 Å². The number of aliphatic hydroxyl groups is 2. The summed E-state index contributed by atoms with van der Waals surface area (Å²) in [6.07, 6.45) is 5.15. The molecule has 2 atom stereocenters. The van der Waals surface area contributed by atoms with E-state index in [2.05, 4.69) is 0 Å². The van der Waals surface area contributed by atoms with Crippen LogP contribution in [0.3, 0.4) is 0 Å². The van der Waals surface area contributed by atoms with Gasteiger partial charge in [-0.2, -0.15) is 0 Å². The highest BCUT2D eigenvalue weighted by molar-refractivity contribution is 5.67. The zero-order valence-electron chi connectivity index (χ0n) is 15.4. The monoisotopic (exact) mass is 384 g/mol. The van der Waals surface area contributed by atoms with Gasteiger partial charge in [-0.15, -0.1) is 0 Å². The molecule has 26 heavy (non-hydrogen) atoms. The van der Waals surface area contributed by atoms with Gasteiger partial charge < -0.3 is 20.4 Å². The predicted molar refractivity (Wildman–Crippen MR) is 94.6 cm³/mol. The first-order chi connectivity index (χ1) is 12.3. The summed E-state index contributed by atoms with van der Waals surface area (Å²) < 4.78 is 23.2. The van der Waals surface area contributed by atoms with E-state index in [1.165, 1.54) is 0 Å². The number of aliphatic hydroxyl groups excluding tert-OH is 2. The highest BCUT2D eigenvalue weighted by Gasteiger charge is 2.09. The van der Waals surface area contributed by atoms with Gasteiger partial charge in [-0.1, -0.05) is 38.5 Å². The molecule has 0 aromatic carbocycles. The number of alkyl halides is 2. The van der Waals surface area contributed by atoms with Gasteiger partial charge in [0, 0.05) is 0 Å². The summed E-state index contributed by atoms with van der Waals surface area (Å²) in [5.74, 6) is -1.95. The van der Waals surface area contributed by atoms with Crippen molar-refractivity contribution in [3.63, 3.8) is 0 Å². The number of carboxylic acid groups (broad SMARTS) is 2. The van der Waals surface area contributed by atoms with E-state index >= 15 is 0 Å². The molecule has 4 N–H and O–H groups in total. The fourth-order valence-corrected chi connectivity index (χ4v) is 2.26. The van der Waals surface area contributed by atoms with Gasteiger partial charge in [0.1, 0.15) is 0 Å². The van der Waals surface area contributed by atoms with Crippen LogP contribution in [0, 0.1) is 0 Å². The van der Waals surface area contributed by atoms with Crippen LogP contribution in [0.25, 0.3) is 0 Å². The molecule has 0 aliphatic rings. The van der Waals surface area contributed by atoms with Crippen LogP contribution in [0.5, 0.6) is 0 Å². The summed E-state index contributed by atoms with van der Waals surface area (Å²) in [6.45, 7) is -0.588. The summed E-state index contributed by atoms with van der Waals surface area (Å²) in [6, 6.07) is 0. The maximum Gasteiger partial charge on any atom is 0.305 e. The molecular weight excluding hydrogens is 350 g/mol. The molecule has 0 saturated heterocycles. The van der Waals surface area contributed by atoms with Crippen molar-refractivity contribution in [2.45, 2.75) is 89.3 Å². The largest absolute Gasteiger partial charge is 0.481 e. The third-order valence-corrected chi connectivity index (χ3v) is 3.66. The van der Waals surface area contributed by atoms with E-state index in [-0.39, 0.29) is 26.2 Å². The van der Waals surface area contributed by atoms with Gasteiger partial charge in [-0.05, 0) is 25.7 Å². The predicted octanol–water partition coefficient (Wildman–Crippen LogP) is 3.48. The Hall–Kier alpha value is -1.28. The van der Waals surface area contributed by atoms with Crippen molar-refractivity contribution in [1.29, 1.82) is 0 Å².